The van der Waals surface area contributed by atoms with Gasteiger partial charge in [0, 0.05) is 32.2 Å². The maximum Gasteiger partial charge on any atom is 0.417 e. The Kier molecular flexibility index (Phi) is 5.53. The zero-order chi connectivity index (χ0) is 21.2. The summed E-state index contributed by atoms with van der Waals surface area (Å²) in [6.45, 7) is 0.171. The molecule has 152 valence electrons. The summed E-state index contributed by atoms with van der Waals surface area (Å²) in [4.78, 5) is 38.3. The van der Waals surface area contributed by atoms with Crippen LogP contribution < -0.4 is 0 Å². The molecule has 7 nitrogen and oxygen atoms in total. The van der Waals surface area contributed by atoms with Gasteiger partial charge in [-0.2, -0.15) is 13.2 Å². The molecule has 0 N–H and O–H groups in total. The van der Waals surface area contributed by atoms with Crippen LogP contribution >= 0.6 is 0 Å². The summed E-state index contributed by atoms with van der Waals surface area (Å²) < 4.78 is 39.5. The number of halogens is 3. The van der Waals surface area contributed by atoms with Gasteiger partial charge in [-0.3, -0.25) is 19.7 Å². The number of alkyl halides is 3. The second kappa shape index (κ2) is 7.90. The molecule has 29 heavy (non-hydrogen) atoms. The summed E-state index contributed by atoms with van der Waals surface area (Å²) >= 11 is 0. The van der Waals surface area contributed by atoms with E-state index in [1.54, 1.807) is 0 Å². The van der Waals surface area contributed by atoms with Gasteiger partial charge in [0.25, 0.3) is 17.5 Å². The van der Waals surface area contributed by atoms with Gasteiger partial charge in [0.1, 0.15) is 5.56 Å². The second-order valence-corrected chi connectivity index (χ2v) is 6.40. The van der Waals surface area contributed by atoms with Gasteiger partial charge in [0.05, 0.1) is 16.1 Å². The maximum absolute atomic E-state index is 13.2. The predicted octanol–water partition coefficient (Wildman–Crippen LogP) is 3.21. The van der Waals surface area contributed by atoms with Crippen LogP contribution in [0.15, 0.2) is 48.5 Å². The first-order chi connectivity index (χ1) is 13.7. The van der Waals surface area contributed by atoms with E-state index >= 15 is 0 Å². The van der Waals surface area contributed by atoms with Crippen LogP contribution in [0.3, 0.4) is 0 Å². The number of nitro benzene ring substituents is 1. The maximum atomic E-state index is 13.2. The van der Waals surface area contributed by atoms with Crippen LogP contribution in [0.25, 0.3) is 0 Å². The average Bonchev–Trinajstić information content (AvgIpc) is 2.72. The van der Waals surface area contributed by atoms with Crippen LogP contribution in [0.2, 0.25) is 0 Å². The standard InChI is InChI=1S/C19H16F3N3O4/c20-19(21,22)15-7-3-1-5-13(15)17(26)23-9-11-24(12-10-23)18(27)14-6-2-4-8-16(14)25(28)29/h1-8H,9-12H2. The lowest BCUT2D eigenvalue weighted by Crippen LogP contribution is -2.50. The second-order valence-electron chi connectivity index (χ2n) is 6.40. The Morgan fingerprint density at radius 3 is 1.79 bits per heavy atom. The van der Waals surface area contributed by atoms with E-state index in [9.17, 15) is 32.9 Å². The Bertz CT molecular complexity index is 954. The highest BCUT2D eigenvalue weighted by molar-refractivity contribution is 5.99. The summed E-state index contributed by atoms with van der Waals surface area (Å²) in [5, 5.41) is 11.1. The molecule has 0 unspecified atom stereocenters. The minimum atomic E-state index is -4.66. The van der Waals surface area contributed by atoms with Crippen LogP contribution in [-0.2, 0) is 6.18 Å². The molecule has 2 aromatic carbocycles. The van der Waals surface area contributed by atoms with Gasteiger partial charge in [0.2, 0.25) is 0 Å². The Morgan fingerprint density at radius 2 is 1.28 bits per heavy atom. The van der Waals surface area contributed by atoms with E-state index in [0.717, 1.165) is 12.1 Å². The smallest absolute Gasteiger partial charge is 0.335 e. The van der Waals surface area contributed by atoms with Crippen molar-refractivity contribution in [3.8, 4) is 0 Å². The van der Waals surface area contributed by atoms with E-state index in [0.29, 0.717) is 0 Å². The van der Waals surface area contributed by atoms with Crippen molar-refractivity contribution in [1.29, 1.82) is 0 Å². The van der Waals surface area contributed by atoms with Crippen LogP contribution in [0.1, 0.15) is 26.3 Å². The Balaban J connectivity index is 1.73. The lowest BCUT2D eigenvalue weighted by atomic mass is 10.1. The quantitative estimate of drug-likeness (QED) is 0.578. The Labute approximate surface area is 163 Å². The molecule has 0 aliphatic carbocycles. The number of rotatable bonds is 3. The third-order valence-corrected chi connectivity index (χ3v) is 4.65. The molecule has 2 amide bonds. The number of hydrogen-bond acceptors (Lipinski definition) is 4. The first kappa shape index (κ1) is 20.3. The third kappa shape index (κ3) is 4.20. The topological polar surface area (TPSA) is 83.8 Å². The molecule has 1 fully saturated rings. The highest BCUT2D eigenvalue weighted by Gasteiger charge is 2.37. The van der Waals surface area contributed by atoms with Crippen LogP contribution in [0.5, 0.6) is 0 Å². The lowest BCUT2D eigenvalue weighted by Gasteiger charge is -2.35. The fourth-order valence-corrected chi connectivity index (χ4v) is 3.18. The minimum absolute atomic E-state index is 0.0252. The highest BCUT2D eigenvalue weighted by atomic mass is 19.4. The number of piperazine rings is 1. The normalized spacial score (nSPS) is 14.6. The van der Waals surface area contributed by atoms with Gasteiger partial charge in [-0.1, -0.05) is 24.3 Å². The molecule has 0 saturated carbocycles. The van der Waals surface area contributed by atoms with Crippen molar-refractivity contribution in [1.82, 2.24) is 9.80 Å². The molecule has 0 bridgehead atoms. The van der Waals surface area contributed by atoms with Gasteiger partial charge in [-0.05, 0) is 18.2 Å². The molecule has 0 aromatic heterocycles. The van der Waals surface area contributed by atoms with Gasteiger partial charge in [-0.25, -0.2) is 0 Å². The lowest BCUT2D eigenvalue weighted by molar-refractivity contribution is -0.385. The molecule has 3 rings (SSSR count). The molecule has 0 radical (unpaired) electrons. The summed E-state index contributed by atoms with van der Waals surface area (Å²) in [6, 6.07) is 10.1. The molecule has 1 saturated heterocycles. The number of carbonyl (C=O) groups is 2. The summed E-state index contributed by atoms with van der Waals surface area (Å²) in [7, 11) is 0. The van der Waals surface area contributed by atoms with E-state index in [1.807, 2.05) is 0 Å². The molecule has 1 aliphatic heterocycles. The van der Waals surface area contributed by atoms with Crippen molar-refractivity contribution in [2.75, 3.05) is 26.2 Å². The van der Waals surface area contributed by atoms with Gasteiger partial charge in [0.15, 0.2) is 0 Å². The third-order valence-electron chi connectivity index (χ3n) is 4.65. The van der Waals surface area contributed by atoms with Crippen molar-refractivity contribution in [2.24, 2.45) is 0 Å². The average molecular weight is 407 g/mol. The molecule has 1 aliphatic rings. The first-order valence-electron chi connectivity index (χ1n) is 8.68. The fourth-order valence-electron chi connectivity index (χ4n) is 3.18. The molecule has 0 spiro atoms. The molecule has 0 atom stereocenters. The van der Waals surface area contributed by atoms with Crippen LogP contribution in [-0.4, -0.2) is 52.7 Å². The van der Waals surface area contributed by atoms with Gasteiger partial charge in [-0.15, -0.1) is 0 Å². The molecular formula is C19H16F3N3O4. The summed E-state index contributed by atoms with van der Waals surface area (Å²) in [5.74, 6) is -1.32. The van der Waals surface area contributed by atoms with E-state index in [2.05, 4.69) is 0 Å². The monoisotopic (exact) mass is 407 g/mol. The van der Waals surface area contributed by atoms with E-state index in [4.69, 9.17) is 0 Å². The molecule has 10 heteroatoms. The predicted molar refractivity (Wildman–Crippen MR) is 96.3 cm³/mol. The summed E-state index contributed by atoms with van der Waals surface area (Å²) in [5.41, 5.74) is -1.85. The van der Waals surface area contributed by atoms with Crippen LogP contribution in [0.4, 0.5) is 18.9 Å². The molecule has 2 aromatic rings. The van der Waals surface area contributed by atoms with Crippen molar-refractivity contribution >= 4 is 17.5 Å². The zero-order valence-corrected chi connectivity index (χ0v) is 15.1. The minimum Gasteiger partial charge on any atom is -0.335 e. The largest absolute Gasteiger partial charge is 0.417 e. The van der Waals surface area contributed by atoms with E-state index in [1.165, 1.54) is 46.2 Å². The van der Waals surface area contributed by atoms with Gasteiger partial charge >= 0.3 is 6.18 Å². The highest BCUT2D eigenvalue weighted by Crippen LogP contribution is 2.32. The number of para-hydroxylation sites is 1. The Hall–Kier alpha value is -3.43. The number of benzene rings is 2. The number of hydrogen-bond donors (Lipinski definition) is 0. The van der Waals surface area contributed by atoms with E-state index < -0.39 is 34.0 Å². The number of nitro groups is 1. The van der Waals surface area contributed by atoms with Crippen molar-refractivity contribution in [2.45, 2.75) is 6.18 Å². The number of nitrogens with zero attached hydrogens (tertiary/aromatic N) is 3. The van der Waals surface area contributed by atoms with Crippen LogP contribution in [0, 0.1) is 10.1 Å². The van der Waals surface area contributed by atoms with Gasteiger partial charge < -0.3 is 9.80 Å². The number of carbonyl (C=O) groups excluding carboxylic acids is 2. The number of amides is 2. The SMILES string of the molecule is O=C(c1ccccc1[N+](=O)[O-])N1CCN(C(=O)c2ccccc2C(F)(F)F)CC1. The van der Waals surface area contributed by atoms with Crippen molar-refractivity contribution < 1.29 is 27.7 Å². The Morgan fingerprint density at radius 1 is 0.828 bits per heavy atom. The first-order valence-corrected chi connectivity index (χ1v) is 8.68. The van der Waals surface area contributed by atoms with Crippen molar-refractivity contribution in [3.63, 3.8) is 0 Å². The zero-order valence-electron chi connectivity index (χ0n) is 15.1. The van der Waals surface area contributed by atoms with E-state index in [-0.39, 0.29) is 37.4 Å². The molecule has 1 heterocycles. The van der Waals surface area contributed by atoms with Crippen molar-refractivity contribution in [3.05, 3.63) is 75.3 Å². The molecular weight excluding hydrogens is 391 g/mol. The summed E-state index contributed by atoms with van der Waals surface area (Å²) in [6.07, 6.45) is -4.66. The fraction of sp³-hybridized carbons (Fsp3) is 0.263.